The van der Waals surface area contributed by atoms with Crippen molar-refractivity contribution >= 4 is 11.8 Å². The van der Waals surface area contributed by atoms with Crippen LogP contribution in [0.1, 0.15) is 33.3 Å². The molecule has 5 heteroatoms. The molecule has 0 saturated heterocycles. The highest BCUT2D eigenvalue weighted by molar-refractivity contribution is 5.84. The lowest BCUT2D eigenvalue weighted by atomic mass is 10.1. The summed E-state index contributed by atoms with van der Waals surface area (Å²) in [6.07, 6.45) is 0. The number of hydrogen-bond donors (Lipinski definition) is 1. The molecule has 1 aromatic carbocycles. The summed E-state index contributed by atoms with van der Waals surface area (Å²) in [7, 11) is 0. The molecule has 0 heterocycles. The van der Waals surface area contributed by atoms with Gasteiger partial charge in [-0.15, -0.1) is 0 Å². The first-order chi connectivity index (χ1) is 9.20. The predicted octanol–water partition coefficient (Wildman–Crippen LogP) is 2.09. The van der Waals surface area contributed by atoms with E-state index in [-0.39, 0.29) is 24.2 Å². The van der Waals surface area contributed by atoms with Crippen LogP contribution >= 0.6 is 0 Å². The Labute approximate surface area is 119 Å². The normalized spacial score (nSPS) is 11.1. The molecule has 0 aliphatic rings. The molecule has 0 aliphatic heterocycles. The zero-order valence-electron chi connectivity index (χ0n) is 12.4. The first-order valence-corrected chi connectivity index (χ1v) is 6.49. The second kappa shape index (κ2) is 6.50. The van der Waals surface area contributed by atoms with Crippen LogP contribution in [0, 0.1) is 5.82 Å². The minimum atomic E-state index is -0.404. The van der Waals surface area contributed by atoms with Crippen molar-refractivity contribution in [1.29, 1.82) is 0 Å². The molecule has 0 fully saturated rings. The van der Waals surface area contributed by atoms with E-state index in [2.05, 4.69) is 5.32 Å². The summed E-state index contributed by atoms with van der Waals surface area (Å²) in [4.78, 5) is 24.9. The molecule has 1 N–H and O–H groups in total. The van der Waals surface area contributed by atoms with E-state index in [4.69, 9.17) is 0 Å². The minimum absolute atomic E-state index is 0.0139. The van der Waals surface area contributed by atoms with Gasteiger partial charge in [0, 0.05) is 19.0 Å². The van der Waals surface area contributed by atoms with Gasteiger partial charge >= 0.3 is 0 Å². The third-order valence-electron chi connectivity index (χ3n) is 2.89. The van der Waals surface area contributed by atoms with Crippen LogP contribution in [0.2, 0.25) is 0 Å². The number of hydrogen-bond acceptors (Lipinski definition) is 2. The number of amides is 2. The lowest BCUT2D eigenvalue weighted by Crippen LogP contribution is -2.49. The Morgan fingerprint density at radius 3 is 2.20 bits per heavy atom. The number of carbonyl (C=O) groups is 2. The number of carbonyl (C=O) groups excluding carboxylic acids is 2. The van der Waals surface area contributed by atoms with E-state index < -0.39 is 5.54 Å². The standard InChI is InChI=1S/C15H21FN2O2/c1-11(19)18(15(2,3)4)10-14(20)17-9-12-5-7-13(16)8-6-12/h5-8H,9-10H2,1-4H3,(H,17,20). The summed E-state index contributed by atoms with van der Waals surface area (Å²) in [5, 5.41) is 2.72. The molecular formula is C15H21FN2O2. The zero-order valence-corrected chi connectivity index (χ0v) is 12.4. The second-order valence-corrected chi connectivity index (χ2v) is 5.68. The lowest BCUT2D eigenvalue weighted by Gasteiger charge is -2.34. The van der Waals surface area contributed by atoms with Crippen molar-refractivity contribution in [1.82, 2.24) is 10.2 Å². The Kier molecular flexibility index (Phi) is 5.25. The SMILES string of the molecule is CC(=O)N(CC(=O)NCc1ccc(F)cc1)C(C)(C)C. The molecule has 110 valence electrons. The Balaban J connectivity index is 2.54. The van der Waals surface area contributed by atoms with Gasteiger partial charge in [-0.2, -0.15) is 0 Å². The fourth-order valence-corrected chi connectivity index (χ4v) is 1.82. The molecule has 20 heavy (non-hydrogen) atoms. The average Bonchev–Trinajstić information content (AvgIpc) is 2.33. The number of benzene rings is 1. The van der Waals surface area contributed by atoms with E-state index in [9.17, 15) is 14.0 Å². The van der Waals surface area contributed by atoms with Crippen LogP contribution in [0.4, 0.5) is 4.39 Å². The van der Waals surface area contributed by atoms with Crippen molar-refractivity contribution < 1.29 is 14.0 Å². The number of halogens is 1. The first kappa shape index (κ1) is 16.1. The molecule has 0 aliphatic carbocycles. The van der Waals surface area contributed by atoms with Crippen molar-refractivity contribution in [3.63, 3.8) is 0 Å². The van der Waals surface area contributed by atoms with Crippen LogP contribution in [-0.2, 0) is 16.1 Å². The molecule has 0 spiro atoms. The zero-order chi connectivity index (χ0) is 15.3. The average molecular weight is 280 g/mol. The van der Waals surface area contributed by atoms with E-state index in [1.165, 1.54) is 24.0 Å². The summed E-state index contributed by atoms with van der Waals surface area (Å²) in [5.41, 5.74) is 0.406. The van der Waals surface area contributed by atoms with Gasteiger partial charge in [-0.25, -0.2) is 4.39 Å². The number of rotatable bonds is 4. The molecule has 1 rings (SSSR count). The van der Waals surface area contributed by atoms with Gasteiger partial charge in [0.2, 0.25) is 11.8 Å². The predicted molar refractivity (Wildman–Crippen MR) is 75.4 cm³/mol. The maximum atomic E-state index is 12.7. The number of nitrogens with one attached hydrogen (secondary N) is 1. The molecule has 2 amide bonds. The quantitative estimate of drug-likeness (QED) is 0.918. The molecule has 0 unspecified atom stereocenters. The lowest BCUT2D eigenvalue weighted by molar-refractivity contribution is -0.139. The Morgan fingerprint density at radius 1 is 1.20 bits per heavy atom. The van der Waals surface area contributed by atoms with E-state index >= 15 is 0 Å². The van der Waals surface area contributed by atoms with Gasteiger partial charge < -0.3 is 10.2 Å². The molecule has 0 saturated carbocycles. The smallest absolute Gasteiger partial charge is 0.239 e. The Morgan fingerprint density at radius 2 is 1.75 bits per heavy atom. The molecule has 0 aromatic heterocycles. The fourth-order valence-electron chi connectivity index (χ4n) is 1.82. The maximum absolute atomic E-state index is 12.7. The van der Waals surface area contributed by atoms with Gasteiger partial charge in [-0.3, -0.25) is 9.59 Å². The monoisotopic (exact) mass is 280 g/mol. The van der Waals surface area contributed by atoms with Gasteiger partial charge in [0.25, 0.3) is 0 Å². The van der Waals surface area contributed by atoms with Crippen molar-refractivity contribution in [2.45, 2.75) is 39.8 Å². The first-order valence-electron chi connectivity index (χ1n) is 6.49. The second-order valence-electron chi connectivity index (χ2n) is 5.68. The highest BCUT2D eigenvalue weighted by atomic mass is 19.1. The van der Waals surface area contributed by atoms with Gasteiger partial charge in [-0.05, 0) is 38.5 Å². The fraction of sp³-hybridized carbons (Fsp3) is 0.467. The molecule has 0 atom stereocenters. The van der Waals surface area contributed by atoms with E-state index in [0.717, 1.165) is 5.56 Å². The molecular weight excluding hydrogens is 259 g/mol. The van der Waals surface area contributed by atoms with E-state index in [1.807, 2.05) is 20.8 Å². The van der Waals surface area contributed by atoms with Crippen LogP contribution in [-0.4, -0.2) is 28.8 Å². The minimum Gasteiger partial charge on any atom is -0.350 e. The Hall–Kier alpha value is -1.91. The maximum Gasteiger partial charge on any atom is 0.239 e. The Bertz CT molecular complexity index is 478. The topological polar surface area (TPSA) is 49.4 Å². The van der Waals surface area contributed by atoms with Crippen molar-refractivity contribution in [3.05, 3.63) is 35.6 Å². The summed E-state index contributed by atoms with van der Waals surface area (Å²) >= 11 is 0. The highest BCUT2D eigenvalue weighted by Gasteiger charge is 2.25. The molecule has 0 radical (unpaired) electrons. The summed E-state index contributed by atoms with van der Waals surface area (Å²) in [5.74, 6) is -0.690. The van der Waals surface area contributed by atoms with Gasteiger partial charge in [0.1, 0.15) is 12.4 Å². The molecule has 4 nitrogen and oxygen atoms in total. The van der Waals surface area contributed by atoms with Crippen molar-refractivity contribution in [2.75, 3.05) is 6.54 Å². The van der Waals surface area contributed by atoms with Crippen LogP contribution in [0.3, 0.4) is 0 Å². The van der Waals surface area contributed by atoms with Crippen LogP contribution in [0.5, 0.6) is 0 Å². The van der Waals surface area contributed by atoms with Crippen molar-refractivity contribution in [3.8, 4) is 0 Å². The highest BCUT2D eigenvalue weighted by Crippen LogP contribution is 2.12. The largest absolute Gasteiger partial charge is 0.350 e. The third kappa shape index (κ3) is 4.99. The van der Waals surface area contributed by atoms with Gasteiger partial charge in [0.05, 0.1) is 0 Å². The molecule has 1 aromatic rings. The van der Waals surface area contributed by atoms with Crippen LogP contribution < -0.4 is 5.32 Å². The summed E-state index contributed by atoms with van der Waals surface area (Å²) < 4.78 is 12.7. The molecule has 0 bridgehead atoms. The van der Waals surface area contributed by atoms with E-state index in [1.54, 1.807) is 12.1 Å². The summed E-state index contributed by atoms with van der Waals surface area (Å²) in [6.45, 7) is 7.40. The van der Waals surface area contributed by atoms with Gasteiger partial charge in [0.15, 0.2) is 0 Å². The summed E-state index contributed by atoms with van der Waals surface area (Å²) in [6, 6.07) is 5.92. The van der Waals surface area contributed by atoms with Crippen LogP contribution in [0.15, 0.2) is 24.3 Å². The number of nitrogens with zero attached hydrogens (tertiary/aromatic N) is 1. The third-order valence-corrected chi connectivity index (χ3v) is 2.89. The van der Waals surface area contributed by atoms with Crippen LogP contribution in [0.25, 0.3) is 0 Å². The van der Waals surface area contributed by atoms with Gasteiger partial charge in [-0.1, -0.05) is 12.1 Å². The van der Waals surface area contributed by atoms with Crippen molar-refractivity contribution in [2.24, 2.45) is 0 Å². The van der Waals surface area contributed by atoms with E-state index in [0.29, 0.717) is 6.54 Å².